The zero-order valence-corrected chi connectivity index (χ0v) is 13.9. The number of fused-ring (bicyclic) bond motifs is 1. The van der Waals surface area contributed by atoms with Crippen LogP contribution in [0.3, 0.4) is 0 Å². The molecule has 1 amide bonds. The topological polar surface area (TPSA) is 71.1 Å². The number of hydrogen-bond donors (Lipinski definition) is 1. The molecule has 4 rings (SSSR count). The monoisotopic (exact) mass is 334 g/mol. The summed E-state index contributed by atoms with van der Waals surface area (Å²) in [7, 11) is 1.62. The third-order valence-corrected chi connectivity index (χ3v) is 4.47. The molecule has 1 N–H and O–H groups in total. The van der Waals surface area contributed by atoms with Crippen LogP contribution in [-0.2, 0) is 13.0 Å². The normalized spacial score (nSPS) is 13.4. The SMILES string of the molecule is COc1ccc(C(=O)N2CCc3[nH]ncc3C2)cc1-c1ccccn1. The summed E-state index contributed by atoms with van der Waals surface area (Å²) in [5.41, 5.74) is 4.43. The minimum atomic E-state index is 0.00619. The first-order valence-corrected chi connectivity index (χ1v) is 8.16. The number of ether oxygens (including phenoxy) is 1. The van der Waals surface area contributed by atoms with Gasteiger partial charge in [0, 0.05) is 48.1 Å². The highest BCUT2D eigenvalue weighted by Crippen LogP contribution is 2.30. The highest BCUT2D eigenvalue weighted by Gasteiger charge is 2.23. The average Bonchev–Trinajstić information content (AvgIpc) is 3.15. The predicted molar refractivity (Wildman–Crippen MR) is 93.3 cm³/mol. The van der Waals surface area contributed by atoms with Gasteiger partial charge >= 0.3 is 0 Å². The molecule has 0 saturated heterocycles. The third kappa shape index (κ3) is 2.87. The number of carbonyl (C=O) groups is 1. The van der Waals surface area contributed by atoms with Gasteiger partial charge in [-0.1, -0.05) is 6.07 Å². The van der Waals surface area contributed by atoms with Crippen LogP contribution in [0, 0.1) is 0 Å². The van der Waals surface area contributed by atoms with E-state index in [0.29, 0.717) is 24.4 Å². The van der Waals surface area contributed by atoms with Gasteiger partial charge in [-0.2, -0.15) is 5.10 Å². The van der Waals surface area contributed by atoms with Crippen LogP contribution in [0.1, 0.15) is 21.6 Å². The summed E-state index contributed by atoms with van der Waals surface area (Å²) in [5, 5.41) is 7.05. The second-order valence-electron chi connectivity index (χ2n) is 5.98. The van der Waals surface area contributed by atoms with E-state index < -0.39 is 0 Å². The number of hydrogen-bond acceptors (Lipinski definition) is 4. The molecule has 6 nitrogen and oxygen atoms in total. The van der Waals surface area contributed by atoms with Gasteiger partial charge < -0.3 is 9.64 Å². The molecule has 1 aliphatic rings. The average molecular weight is 334 g/mol. The van der Waals surface area contributed by atoms with Gasteiger partial charge in [-0.25, -0.2) is 0 Å². The fraction of sp³-hybridized carbons (Fsp3) is 0.211. The molecule has 1 aliphatic heterocycles. The molecule has 3 aromatic rings. The number of aromatic amines is 1. The van der Waals surface area contributed by atoms with Crippen LogP contribution in [0.25, 0.3) is 11.3 Å². The fourth-order valence-corrected chi connectivity index (χ4v) is 3.14. The summed E-state index contributed by atoms with van der Waals surface area (Å²) in [5.74, 6) is 0.706. The maximum absolute atomic E-state index is 12.9. The lowest BCUT2D eigenvalue weighted by Crippen LogP contribution is -2.35. The quantitative estimate of drug-likeness (QED) is 0.799. The number of methoxy groups -OCH3 is 1. The Morgan fingerprint density at radius 1 is 1.28 bits per heavy atom. The minimum absolute atomic E-state index is 0.00619. The van der Waals surface area contributed by atoms with Gasteiger partial charge in [0.1, 0.15) is 5.75 Å². The molecule has 126 valence electrons. The molecule has 0 spiro atoms. The van der Waals surface area contributed by atoms with Gasteiger partial charge in [0.25, 0.3) is 5.91 Å². The van der Waals surface area contributed by atoms with Crippen molar-refractivity contribution in [1.29, 1.82) is 0 Å². The van der Waals surface area contributed by atoms with E-state index in [4.69, 9.17) is 4.74 Å². The summed E-state index contributed by atoms with van der Waals surface area (Å²) in [6.07, 6.45) is 4.32. The van der Waals surface area contributed by atoms with Crippen molar-refractivity contribution in [3.63, 3.8) is 0 Å². The van der Waals surface area contributed by atoms with E-state index >= 15 is 0 Å². The van der Waals surface area contributed by atoms with Crippen molar-refractivity contribution in [1.82, 2.24) is 20.1 Å². The van der Waals surface area contributed by atoms with E-state index in [1.165, 1.54) is 0 Å². The molecule has 0 unspecified atom stereocenters. The van der Waals surface area contributed by atoms with Gasteiger partial charge in [0.05, 0.1) is 19.0 Å². The molecule has 25 heavy (non-hydrogen) atoms. The number of H-pyrrole nitrogens is 1. The summed E-state index contributed by atoms with van der Waals surface area (Å²) < 4.78 is 5.44. The third-order valence-electron chi connectivity index (χ3n) is 4.47. The van der Waals surface area contributed by atoms with Crippen LogP contribution >= 0.6 is 0 Å². The molecular weight excluding hydrogens is 316 g/mol. The summed E-state index contributed by atoms with van der Waals surface area (Å²) in [6.45, 7) is 1.26. The highest BCUT2D eigenvalue weighted by atomic mass is 16.5. The predicted octanol–water partition coefficient (Wildman–Crippen LogP) is 2.68. The van der Waals surface area contributed by atoms with Gasteiger partial charge in [-0.05, 0) is 30.3 Å². The Hall–Kier alpha value is -3.15. The van der Waals surface area contributed by atoms with Crippen LogP contribution in [0.4, 0.5) is 0 Å². The number of pyridine rings is 1. The van der Waals surface area contributed by atoms with Crippen LogP contribution in [0.2, 0.25) is 0 Å². The van der Waals surface area contributed by atoms with Crippen molar-refractivity contribution in [2.45, 2.75) is 13.0 Å². The van der Waals surface area contributed by atoms with E-state index in [9.17, 15) is 4.79 Å². The van der Waals surface area contributed by atoms with Crippen LogP contribution < -0.4 is 4.74 Å². The Balaban J connectivity index is 1.66. The molecule has 0 atom stereocenters. The molecule has 0 saturated carbocycles. The maximum atomic E-state index is 12.9. The number of aromatic nitrogens is 3. The van der Waals surface area contributed by atoms with Crippen molar-refractivity contribution in [2.24, 2.45) is 0 Å². The summed E-state index contributed by atoms with van der Waals surface area (Å²) >= 11 is 0. The Labute approximate surface area is 145 Å². The maximum Gasteiger partial charge on any atom is 0.254 e. The van der Waals surface area contributed by atoms with Gasteiger partial charge in [0.2, 0.25) is 0 Å². The van der Waals surface area contributed by atoms with Crippen molar-refractivity contribution in [3.05, 3.63) is 65.6 Å². The van der Waals surface area contributed by atoms with E-state index in [2.05, 4.69) is 15.2 Å². The smallest absolute Gasteiger partial charge is 0.254 e. The molecule has 6 heteroatoms. The summed E-state index contributed by atoms with van der Waals surface area (Å²) in [4.78, 5) is 19.2. The molecular formula is C19H18N4O2. The molecule has 3 heterocycles. The molecule has 1 aromatic carbocycles. The zero-order valence-electron chi connectivity index (χ0n) is 13.9. The number of amides is 1. The molecule has 0 fully saturated rings. The van der Waals surface area contributed by atoms with E-state index in [-0.39, 0.29) is 5.91 Å². The zero-order chi connectivity index (χ0) is 17.2. The Bertz CT molecular complexity index is 905. The number of rotatable bonds is 3. The van der Waals surface area contributed by atoms with E-state index in [1.54, 1.807) is 25.6 Å². The van der Waals surface area contributed by atoms with Crippen LogP contribution in [-0.4, -0.2) is 39.6 Å². The lowest BCUT2D eigenvalue weighted by molar-refractivity contribution is 0.0734. The van der Waals surface area contributed by atoms with E-state index in [1.807, 2.05) is 35.2 Å². The van der Waals surface area contributed by atoms with Gasteiger partial charge in [-0.15, -0.1) is 0 Å². The largest absolute Gasteiger partial charge is 0.496 e. The molecule has 0 radical (unpaired) electrons. The molecule has 2 aromatic heterocycles. The minimum Gasteiger partial charge on any atom is -0.496 e. The van der Waals surface area contributed by atoms with Crippen LogP contribution in [0.5, 0.6) is 5.75 Å². The first kappa shape index (κ1) is 15.4. The van der Waals surface area contributed by atoms with Crippen molar-refractivity contribution >= 4 is 5.91 Å². The number of nitrogens with one attached hydrogen (secondary N) is 1. The van der Waals surface area contributed by atoms with Crippen molar-refractivity contribution in [3.8, 4) is 17.0 Å². The fourth-order valence-electron chi connectivity index (χ4n) is 3.14. The lowest BCUT2D eigenvalue weighted by atomic mass is 10.0. The standard InChI is InChI=1S/C19H18N4O2/c1-25-18-6-5-13(10-15(18)17-4-2-3-8-20-17)19(24)23-9-7-16-14(12-23)11-21-22-16/h2-6,8,10-11H,7,9,12H2,1H3,(H,21,22). The highest BCUT2D eigenvalue weighted by molar-refractivity contribution is 5.96. The first-order chi connectivity index (χ1) is 12.3. The number of nitrogens with zero attached hydrogens (tertiary/aromatic N) is 3. The Morgan fingerprint density at radius 2 is 2.20 bits per heavy atom. The van der Waals surface area contributed by atoms with Crippen molar-refractivity contribution in [2.75, 3.05) is 13.7 Å². The van der Waals surface area contributed by atoms with Crippen molar-refractivity contribution < 1.29 is 9.53 Å². The second-order valence-corrected chi connectivity index (χ2v) is 5.98. The van der Waals surface area contributed by atoms with Gasteiger partial charge in [-0.3, -0.25) is 14.9 Å². The number of carbonyl (C=O) groups excluding carboxylic acids is 1. The summed E-state index contributed by atoms with van der Waals surface area (Å²) in [6, 6.07) is 11.2. The molecule has 0 aliphatic carbocycles. The number of benzene rings is 1. The first-order valence-electron chi connectivity index (χ1n) is 8.16. The molecule has 0 bridgehead atoms. The second kappa shape index (κ2) is 6.39. The lowest BCUT2D eigenvalue weighted by Gasteiger charge is -2.26. The van der Waals surface area contributed by atoms with Crippen LogP contribution in [0.15, 0.2) is 48.8 Å². The Kier molecular flexibility index (Phi) is 3.93. The van der Waals surface area contributed by atoms with E-state index in [0.717, 1.165) is 28.9 Å². The Morgan fingerprint density at radius 3 is 3.00 bits per heavy atom. The van der Waals surface area contributed by atoms with Gasteiger partial charge in [0.15, 0.2) is 0 Å².